The number of nitrogens with zero attached hydrogens (tertiary/aromatic N) is 4. The van der Waals surface area contributed by atoms with Gasteiger partial charge < -0.3 is 20.3 Å². The van der Waals surface area contributed by atoms with E-state index in [2.05, 4.69) is 20.6 Å². The molecule has 0 radical (unpaired) electrons. The van der Waals surface area contributed by atoms with Gasteiger partial charge >= 0.3 is 0 Å². The second-order valence-electron chi connectivity index (χ2n) is 8.96. The number of morpholine rings is 1. The first kappa shape index (κ1) is 25.4. The van der Waals surface area contributed by atoms with E-state index in [9.17, 15) is 9.59 Å². The fourth-order valence-corrected chi connectivity index (χ4v) is 4.12. The number of hydrogen-bond donors (Lipinski definition) is 2. The highest BCUT2D eigenvalue weighted by Crippen LogP contribution is 2.20. The molecule has 0 saturated carbocycles. The van der Waals surface area contributed by atoms with Crippen molar-refractivity contribution in [3.8, 4) is 5.69 Å². The summed E-state index contributed by atoms with van der Waals surface area (Å²) in [5, 5.41) is 10.4. The molecule has 1 saturated heterocycles. The third kappa shape index (κ3) is 6.71. The van der Waals surface area contributed by atoms with E-state index < -0.39 is 0 Å². The molecule has 9 nitrogen and oxygen atoms in total. The molecule has 0 spiro atoms. The van der Waals surface area contributed by atoms with Gasteiger partial charge in [0.2, 0.25) is 11.8 Å². The van der Waals surface area contributed by atoms with Crippen molar-refractivity contribution in [2.75, 3.05) is 61.5 Å². The summed E-state index contributed by atoms with van der Waals surface area (Å²) in [7, 11) is 0. The summed E-state index contributed by atoms with van der Waals surface area (Å²) < 4.78 is 7.12. The Morgan fingerprint density at radius 1 is 0.917 bits per heavy atom. The van der Waals surface area contributed by atoms with E-state index in [4.69, 9.17) is 4.74 Å². The van der Waals surface area contributed by atoms with Crippen molar-refractivity contribution in [3.63, 3.8) is 0 Å². The van der Waals surface area contributed by atoms with Crippen molar-refractivity contribution in [1.29, 1.82) is 0 Å². The number of rotatable bonds is 9. The van der Waals surface area contributed by atoms with Crippen LogP contribution in [0.15, 0.2) is 54.6 Å². The van der Waals surface area contributed by atoms with Crippen LogP contribution in [0.5, 0.6) is 0 Å². The third-order valence-electron chi connectivity index (χ3n) is 6.09. The minimum Gasteiger partial charge on any atom is -0.378 e. The molecule has 2 N–H and O–H groups in total. The summed E-state index contributed by atoms with van der Waals surface area (Å²) in [5.41, 5.74) is 4.67. The molecule has 1 fully saturated rings. The molecule has 3 aromatic rings. The van der Waals surface area contributed by atoms with Gasteiger partial charge in [0, 0.05) is 30.5 Å². The van der Waals surface area contributed by atoms with Crippen molar-refractivity contribution in [3.05, 3.63) is 65.9 Å². The number of carbonyl (C=O) groups is 2. The molecule has 0 bridgehead atoms. The third-order valence-corrected chi connectivity index (χ3v) is 6.09. The highest BCUT2D eigenvalue weighted by Gasteiger charge is 2.17. The van der Waals surface area contributed by atoms with Gasteiger partial charge in [-0.2, -0.15) is 5.10 Å². The Morgan fingerprint density at radius 3 is 2.17 bits per heavy atom. The zero-order chi connectivity index (χ0) is 25.5. The van der Waals surface area contributed by atoms with Crippen LogP contribution in [0.25, 0.3) is 5.69 Å². The van der Waals surface area contributed by atoms with E-state index in [1.807, 2.05) is 75.4 Å². The van der Waals surface area contributed by atoms with Crippen molar-refractivity contribution in [2.45, 2.75) is 20.8 Å². The van der Waals surface area contributed by atoms with Crippen LogP contribution in [-0.2, 0) is 14.3 Å². The van der Waals surface area contributed by atoms with Crippen LogP contribution in [0, 0.1) is 13.8 Å². The summed E-state index contributed by atoms with van der Waals surface area (Å²) in [6.07, 6.45) is 0. The van der Waals surface area contributed by atoms with E-state index in [1.165, 1.54) is 0 Å². The number of amides is 2. The molecule has 2 amide bonds. The van der Waals surface area contributed by atoms with E-state index >= 15 is 0 Å². The quantitative estimate of drug-likeness (QED) is 0.479. The van der Waals surface area contributed by atoms with Gasteiger partial charge in [0.15, 0.2) is 0 Å². The van der Waals surface area contributed by atoms with Crippen LogP contribution in [0.2, 0.25) is 0 Å². The smallest absolute Gasteiger partial charge is 0.239 e. The average molecular weight is 491 g/mol. The Hall–Kier alpha value is -3.69. The van der Waals surface area contributed by atoms with Crippen molar-refractivity contribution in [2.24, 2.45) is 0 Å². The van der Waals surface area contributed by atoms with E-state index in [0.717, 1.165) is 54.6 Å². The molecule has 0 aliphatic carbocycles. The average Bonchev–Trinajstić information content (AvgIpc) is 3.24. The van der Waals surface area contributed by atoms with Gasteiger partial charge in [-0.1, -0.05) is 24.6 Å². The van der Waals surface area contributed by atoms with Crippen molar-refractivity contribution < 1.29 is 14.3 Å². The van der Waals surface area contributed by atoms with Gasteiger partial charge in [-0.05, 0) is 56.8 Å². The van der Waals surface area contributed by atoms with Crippen LogP contribution >= 0.6 is 0 Å². The Labute approximate surface area is 212 Å². The summed E-state index contributed by atoms with van der Waals surface area (Å²) in [6.45, 7) is 9.80. The topological polar surface area (TPSA) is 91.7 Å². The first-order chi connectivity index (χ1) is 17.4. The molecular weight excluding hydrogens is 456 g/mol. The van der Waals surface area contributed by atoms with Gasteiger partial charge in [0.1, 0.15) is 5.82 Å². The van der Waals surface area contributed by atoms with Crippen LogP contribution in [0.1, 0.15) is 18.2 Å². The Morgan fingerprint density at radius 2 is 1.53 bits per heavy atom. The van der Waals surface area contributed by atoms with Crippen LogP contribution in [-0.4, -0.2) is 72.4 Å². The zero-order valence-corrected chi connectivity index (χ0v) is 21.2. The normalized spacial score (nSPS) is 13.6. The first-order valence-electron chi connectivity index (χ1n) is 12.3. The molecule has 190 valence electrons. The number of likely N-dealkylation sites (N-methyl/N-ethyl adjacent to an activating group) is 1. The molecule has 1 aliphatic rings. The molecule has 1 aromatic heterocycles. The molecule has 1 aliphatic heterocycles. The molecule has 0 unspecified atom stereocenters. The number of aryl methyl sites for hydroxylation is 2. The lowest BCUT2D eigenvalue weighted by Crippen LogP contribution is -2.39. The molecule has 0 atom stereocenters. The molecule has 36 heavy (non-hydrogen) atoms. The van der Waals surface area contributed by atoms with Crippen molar-refractivity contribution in [1.82, 2.24) is 14.7 Å². The highest BCUT2D eigenvalue weighted by atomic mass is 16.5. The first-order valence-corrected chi connectivity index (χ1v) is 12.3. The lowest BCUT2D eigenvalue weighted by molar-refractivity contribution is -0.119. The van der Waals surface area contributed by atoms with Crippen LogP contribution in [0.3, 0.4) is 0 Å². The zero-order valence-electron chi connectivity index (χ0n) is 21.2. The second-order valence-corrected chi connectivity index (χ2v) is 8.96. The largest absolute Gasteiger partial charge is 0.378 e. The Bertz CT molecular complexity index is 1170. The van der Waals surface area contributed by atoms with Gasteiger partial charge in [-0.25, -0.2) is 4.68 Å². The molecule has 9 heteroatoms. The SMILES string of the molecule is CCN(CC(=O)Nc1ccc(N2CCOCC2)cc1)CC(=O)Nc1cc(C)nn1-c1ccc(C)cc1. The standard InChI is InChI=1S/C27H34N6O3/c1-4-31(18-26(34)28-22-7-11-23(12-8-22)32-13-15-36-16-14-32)19-27(35)29-25-17-21(3)30-33(25)24-9-5-20(2)6-10-24/h5-12,17H,4,13-16,18-19H2,1-3H3,(H,28,34)(H,29,35). The van der Waals surface area contributed by atoms with Gasteiger partial charge in [-0.15, -0.1) is 0 Å². The molecule has 2 aromatic carbocycles. The predicted molar refractivity (Wildman–Crippen MR) is 142 cm³/mol. The van der Waals surface area contributed by atoms with Crippen LogP contribution in [0.4, 0.5) is 17.2 Å². The lowest BCUT2D eigenvalue weighted by atomic mass is 10.2. The molecule has 4 rings (SSSR count). The number of aromatic nitrogens is 2. The molecule has 2 heterocycles. The minimum atomic E-state index is -0.201. The summed E-state index contributed by atoms with van der Waals surface area (Å²) in [5.74, 6) is 0.235. The number of benzene rings is 2. The summed E-state index contributed by atoms with van der Waals surface area (Å²) in [6, 6.07) is 17.6. The number of hydrogen-bond acceptors (Lipinski definition) is 6. The summed E-state index contributed by atoms with van der Waals surface area (Å²) >= 11 is 0. The van der Waals surface area contributed by atoms with Crippen molar-refractivity contribution >= 4 is 29.0 Å². The monoisotopic (exact) mass is 490 g/mol. The van der Waals surface area contributed by atoms with E-state index in [-0.39, 0.29) is 24.9 Å². The maximum Gasteiger partial charge on any atom is 0.239 e. The van der Waals surface area contributed by atoms with Crippen LogP contribution < -0.4 is 15.5 Å². The summed E-state index contributed by atoms with van der Waals surface area (Å²) in [4.78, 5) is 29.5. The number of ether oxygens (including phenoxy) is 1. The van der Waals surface area contributed by atoms with Gasteiger partial charge in [-0.3, -0.25) is 14.5 Å². The highest BCUT2D eigenvalue weighted by molar-refractivity contribution is 5.94. The fraction of sp³-hybridized carbons (Fsp3) is 0.370. The maximum absolute atomic E-state index is 12.8. The molecular formula is C27H34N6O3. The van der Waals surface area contributed by atoms with E-state index in [0.29, 0.717) is 12.4 Å². The Kier molecular flexibility index (Phi) is 8.35. The lowest BCUT2D eigenvalue weighted by Gasteiger charge is -2.29. The Balaban J connectivity index is 1.31. The fourth-order valence-electron chi connectivity index (χ4n) is 4.12. The number of nitrogens with one attached hydrogen (secondary N) is 2. The maximum atomic E-state index is 12.8. The number of anilines is 3. The predicted octanol–water partition coefficient (Wildman–Crippen LogP) is 3.22. The number of carbonyl (C=O) groups excluding carboxylic acids is 2. The van der Waals surface area contributed by atoms with Gasteiger partial charge in [0.25, 0.3) is 0 Å². The minimum absolute atomic E-state index is 0.0953. The second kappa shape index (κ2) is 11.8. The van der Waals surface area contributed by atoms with E-state index in [1.54, 1.807) is 9.58 Å². The van der Waals surface area contributed by atoms with Gasteiger partial charge in [0.05, 0.1) is 37.7 Å².